The summed E-state index contributed by atoms with van der Waals surface area (Å²) in [6.45, 7) is 11.2. The van der Waals surface area contributed by atoms with Crippen LogP contribution in [0, 0.1) is 12.3 Å². The molecule has 0 aliphatic carbocycles. The molecule has 0 fully saturated rings. The number of carbonyl (C=O) groups is 3. The lowest BCUT2D eigenvalue weighted by Gasteiger charge is -2.34. The van der Waals surface area contributed by atoms with Gasteiger partial charge >= 0.3 is 6.09 Å². The van der Waals surface area contributed by atoms with Crippen molar-refractivity contribution >= 4 is 17.9 Å². The van der Waals surface area contributed by atoms with E-state index in [2.05, 4.69) is 23.5 Å². The van der Waals surface area contributed by atoms with Gasteiger partial charge in [-0.05, 0) is 58.7 Å². The van der Waals surface area contributed by atoms with Crippen LogP contribution in [0.3, 0.4) is 0 Å². The highest BCUT2D eigenvalue weighted by Gasteiger charge is 2.33. The molecule has 0 saturated heterocycles. The van der Waals surface area contributed by atoms with Crippen LogP contribution in [0.25, 0.3) is 0 Å². The van der Waals surface area contributed by atoms with Crippen molar-refractivity contribution in [3.63, 3.8) is 0 Å². The maximum Gasteiger partial charge on any atom is 0.408 e. The molecule has 1 unspecified atom stereocenters. The Labute approximate surface area is 192 Å². The molecule has 0 aromatic heterocycles. The van der Waals surface area contributed by atoms with Crippen LogP contribution in [-0.4, -0.2) is 47.5 Å². The number of alkyl carbamates (subject to hydrolysis) is 1. The molecule has 2 N–H and O–H groups in total. The van der Waals surface area contributed by atoms with Gasteiger partial charge in [0.2, 0.25) is 11.8 Å². The quantitative estimate of drug-likeness (QED) is 0.426. The summed E-state index contributed by atoms with van der Waals surface area (Å²) < 4.78 is 5.20. The average molecular weight is 444 g/mol. The third kappa shape index (κ3) is 9.01. The van der Waals surface area contributed by atoms with Gasteiger partial charge in [-0.15, -0.1) is 6.42 Å². The fourth-order valence-corrected chi connectivity index (χ4v) is 3.17. The van der Waals surface area contributed by atoms with Crippen LogP contribution >= 0.6 is 0 Å². The Kier molecular flexibility index (Phi) is 10.8. The van der Waals surface area contributed by atoms with Gasteiger partial charge in [0.1, 0.15) is 18.2 Å². The molecule has 0 bridgehead atoms. The van der Waals surface area contributed by atoms with Crippen LogP contribution in [0.2, 0.25) is 0 Å². The summed E-state index contributed by atoms with van der Waals surface area (Å²) in [5.74, 6) is 1.90. The van der Waals surface area contributed by atoms with Gasteiger partial charge in [0, 0.05) is 18.2 Å². The van der Waals surface area contributed by atoms with Gasteiger partial charge < -0.3 is 20.3 Å². The van der Waals surface area contributed by atoms with Gasteiger partial charge in [0.05, 0.1) is 0 Å². The second-order valence-corrected chi connectivity index (χ2v) is 8.92. The Morgan fingerprint density at radius 2 is 1.72 bits per heavy atom. The van der Waals surface area contributed by atoms with E-state index in [4.69, 9.17) is 11.2 Å². The number of hydrogen-bond acceptors (Lipinski definition) is 4. The minimum atomic E-state index is -0.851. The molecule has 0 spiro atoms. The van der Waals surface area contributed by atoms with E-state index < -0.39 is 17.7 Å². The number of carbonyl (C=O) groups excluding carboxylic acids is 3. The summed E-state index contributed by atoms with van der Waals surface area (Å²) in [4.78, 5) is 39.8. The van der Waals surface area contributed by atoms with Gasteiger partial charge in [0.25, 0.3) is 0 Å². The molecule has 7 nitrogen and oxygen atoms in total. The molecule has 0 aliphatic rings. The van der Waals surface area contributed by atoms with Crippen LogP contribution in [0.1, 0.15) is 78.0 Å². The lowest BCUT2D eigenvalue weighted by atomic mass is 10.0. The van der Waals surface area contributed by atoms with E-state index in [0.29, 0.717) is 17.7 Å². The minimum Gasteiger partial charge on any atom is -0.444 e. The first-order chi connectivity index (χ1) is 15.0. The molecule has 1 rings (SSSR count). The van der Waals surface area contributed by atoms with Crippen molar-refractivity contribution in [3.8, 4) is 12.3 Å². The van der Waals surface area contributed by atoms with E-state index in [1.54, 1.807) is 45.0 Å². The first-order valence-electron chi connectivity index (χ1n) is 11.1. The van der Waals surface area contributed by atoms with Crippen LogP contribution in [0.4, 0.5) is 4.79 Å². The lowest BCUT2D eigenvalue weighted by molar-refractivity contribution is -0.142. The van der Waals surface area contributed by atoms with Crippen molar-refractivity contribution in [3.05, 3.63) is 35.4 Å². The van der Waals surface area contributed by atoms with E-state index in [-0.39, 0.29) is 24.4 Å². The number of benzene rings is 1. The zero-order valence-electron chi connectivity index (χ0n) is 20.2. The fraction of sp³-hybridized carbons (Fsp3) is 0.560. The Hall–Kier alpha value is -3.01. The van der Waals surface area contributed by atoms with E-state index >= 15 is 0 Å². The maximum absolute atomic E-state index is 13.2. The highest BCUT2D eigenvalue weighted by atomic mass is 16.6. The molecule has 0 radical (unpaired) electrons. The van der Waals surface area contributed by atoms with Crippen LogP contribution < -0.4 is 10.6 Å². The number of terminal acetylenes is 1. The second kappa shape index (κ2) is 12.7. The van der Waals surface area contributed by atoms with Crippen LogP contribution in [0.5, 0.6) is 0 Å². The molecule has 1 aromatic carbocycles. The van der Waals surface area contributed by atoms with E-state index in [9.17, 15) is 14.4 Å². The number of hydrogen-bond donors (Lipinski definition) is 2. The Balaban J connectivity index is 3.11. The lowest BCUT2D eigenvalue weighted by Crippen LogP contribution is -2.50. The fourth-order valence-electron chi connectivity index (χ4n) is 3.17. The molecule has 3 amide bonds. The van der Waals surface area contributed by atoms with Gasteiger partial charge in [0.15, 0.2) is 0 Å². The third-order valence-electron chi connectivity index (χ3n) is 4.63. The van der Waals surface area contributed by atoms with Crippen molar-refractivity contribution in [2.75, 3.05) is 13.1 Å². The highest BCUT2D eigenvalue weighted by molar-refractivity contribution is 5.90. The largest absolute Gasteiger partial charge is 0.444 e. The molecule has 0 heterocycles. The molecule has 0 aliphatic heterocycles. The number of nitrogens with one attached hydrogen (secondary N) is 2. The Morgan fingerprint density at radius 1 is 1.09 bits per heavy atom. The van der Waals surface area contributed by atoms with Gasteiger partial charge in [-0.25, -0.2) is 4.79 Å². The second-order valence-electron chi connectivity index (χ2n) is 8.92. The molecule has 0 saturated carbocycles. The maximum atomic E-state index is 13.2. The zero-order valence-corrected chi connectivity index (χ0v) is 20.2. The first kappa shape index (κ1) is 27.0. The zero-order chi connectivity index (χ0) is 24.3. The molecule has 1 atom stereocenters. The first-order valence-corrected chi connectivity index (χ1v) is 11.1. The normalized spacial score (nSPS) is 11.9. The summed E-state index contributed by atoms with van der Waals surface area (Å²) in [6, 6.07) is 5.87. The van der Waals surface area contributed by atoms with Gasteiger partial charge in [-0.3, -0.25) is 9.59 Å². The summed E-state index contributed by atoms with van der Waals surface area (Å²) in [6.07, 6.45) is 7.68. The Bertz CT molecular complexity index is 804. The Morgan fingerprint density at radius 3 is 2.22 bits per heavy atom. The number of unbranched alkanes of at least 4 members (excludes halogenated alkanes) is 2. The number of rotatable bonds is 10. The number of amides is 3. The predicted molar refractivity (Wildman–Crippen MR) is 126 cm³/mol. The molecular formula is C25H37N3O4. The molecule has 7 heteroatoms. The SMILES string of the molecule is C#Cc1ccc(C(C(=O)NCCCCC)N(C(=O)CNC(=O)OC(C)(C)C)C(C)C)cc1. The van der Waals surface area contributed by atoms with Crippen LogP contribution in [0.15, 0.2) is 24.3 Å². The van der Waals surface area contributed by atoms with E-state index in [1.807, 2.05) is 13.8 Å². The summed E-state index contributed by atoms with van der Waals surface area (Å²) >= 11 is 0. The van der Waals surface area contributed by atoms with Crippen LogP contribution in [-0.2, 0) is 14.3 Å². The molecule has 1 aromatic rings. The van der Waals surface area contributed by atoms with Crippen molar-refractivity contribution in [1.29, 1.82) is 0 Å². The average Bonchev–Trinajstić information content (AvgIpc) is 2.71. The summed E-state index contributed by atoms with van der Waals surface area (Å²) in [7, 11) is 0. The number of nitrogens with zero attached hydrogens (tertiary/aromatic N) is 1. The van der Waals surface area contributed by atoms with Crippen molar-refractivity contribution in [1.82, 2.24) is 15.5 Å². The van der Waals surface area contributed by atoms with Crippen molar-refractivity contribution in [2.24, 2.45) is 0 Å². The number of ether oxygens (including phenoxy) is 1. The smallest absolute Gasteiger partial charge is 0.408 e. The highest BCUT2D eigenvalue weighted by Crippen LogP contribution is 2.24. The predicted octanol–water partition coefficient (Wildman–Crippen LogP) is 3.78. The van der Waals surface area contributed by atoms with E-state index in [0.717, 1.165) is 19.3 Å². The molecule has 176 valence electrons. The monoisotopic (exact) mass is 443 g/mol. The van der Waals surface area contributed by atoms with Crippen molar-refractivity contribution in [2.45, 2.75) is 78.5 Å². The van der Waals surface area contributed by atoms with Gasteiger partial charge in [-0.1, -0.05) is 37.8 Å². The topological polar surface area (TPSA) is 87.7 Å². The third-order valence-corrected chi connectivity index (χ3v) is 4.63. The summed E-state index contributed by atoms with van der Waals surface area (Å²) in [5, 5.41) is 5.43. The summed E-state index contributed by atoms with van der Waals surface area (Å²) in [5.41, 5.74) is 0.658. The van der Waals surface area contributed by atoms with E-state index in [1.165, 1.54) is 4.90 Å². The van der Waals surface area contributed by atoms with Gasteiger partial charge in [-0.2, -0.15) is 0 Å². The standard InChI is InChI=1S/C25H37N3O4/c1-8-10-11-16-26-23(30)22(20-14-12-19(9-2)13-15-20)28(18(3)4)21(29)17-27-24(31)32-25(5,6)7/h2,12-15,18,22H,8,10-11,16-17H2,1,3-7H3,(H,26,30)(H,27,31). The minimum absolute atomic E-state index is 0.270. The van der Waals surface area contributed by atoms with Crippen molar-refractivity contribution < 1.29 is 19.1 Å². The molecular weight excluding hydrogens is 406 g/mol. The molecule has 32 heavy (non-hydrogen) atoms.